The lowest BCUT2D eigenvalue weighted by Gasteiger charge is -2.26. The van der Waals surface area contributed by atoms with Crippen LogP contribution < -0.4 is 5.11 Å². The minimum atomic E-state index is -1.63. The molecule has 0 fully saturated rings. The van der Waals surface area contributed by atoms with E-state index in [-0.39, 0.29) is 32.2 Å². The molecule has 0 saturated heterocycles. The molecule has 9 heteroatoms. The van der Waals surface area contributed by atoms with Gasteiger partial charge in [-0.1, -0.05) is 316 Å². The van der Waals surface area contributed by atoms with Gasteiger partial charge >= 0.3 is 11.9 Å². The molecule has 9 nitrogen and oxygen atoms in total. The number of allylic oxidation sites excluding steroid dienone is 18. The molecule has 0 N–H and O–H groups in total. The number of nitrogens with zero attached hydrogens (tertiary/aromatic N) is 1. The average Bonchev–Trinajstić information content (AvgIpc) is 3.70. The predicted octanol–water partition coefficient (Wildman–Crippen LogP) is 22.0. The second-order valence-electron chi connectivity index (χ2n) is 25.9. The summed E-state index contributed by atoms with van der Waals surface area (Å²) in [5.41, 5.74) is 0. The van der Waals surface area contributed by atoms with Gasteiger partial charge in [-0.25, -0.2) is 0 Å². The number of esters is 2. The normalized spacial score (nSPS) is 13.3. The first-order chi connectivity index (χ1) is 43.6. The number of rotatable bonds is 68. The summed E-state index contributed by atoms with van der Waals surface area (Å²) in [7, 11) is 5.93. The van der Waals surface area contributed by atoms with Crippen LogP contribution in [0.4, 0.5) is 0 Å². The molecule has 2 unspecified atom stereocenters. The smallest absolute Gasteiger partial charge is 0.306 e. The Morgan fingerprint density at radius 1 is 0.348 bits per heavy atom. The summed E-state index contributed by atoms with van der Waals surface area (Å²) in [6.07, 6.45) is 94.6. The maximum absolute atomic E-state index is 13.0. The Labute approximate surface area is 549 Å². The summed E-state index contributed by atoms with van der Waals surface area (Å²) in [6, 6.07) is 0. The number of hydrogen-bond acceptors (Lipinski definition) is 8. The molecule has 0 aliphatic rings. The third kappa shape index (κ3) is 71.3. The van der Waals surface area contributed by atoms with Crippen molar-refractivity contribution in [3.8, 4) is 0 Å². The molecule has 0 amide bonds. The van der Waals surface area contributed by atoms with E-state index in [1.165, 1.54) is 199 Å². The molecule has 0 aromatic heterocycles. The summed E-state index contributed by atoms with van der Waals surface area (Å²) in [6.45, 7) is 4.66. The first-order valence-electron chi connectivity index (χ1n) is 37.0. The van der Waals surface area contributed by atoms with Crippen LogP contribution in [0.5, 0.6) is 0 Å². The molecule has 0 aromatic carbocycles. The van der Waals surface area contributed by atoms with E-state index in [1.54, 1.807) is 0 Å². The Bertz CT molecular complexity index is 1830. The van der Waals surface area contributed by atoms with Crippen molar-refractivity contribution in [3.63, 3.8) is 0 Å². The summed E-state index contributed by atoms with van der Waals surface area (Å²) in [4.78, 5) is 37.5. The Morgan fingerprint density at radius 3 is 0.966 bits per heavy atom. The molecule has 0 aromatic rings. The lowest BCUT2D eigenvalue weighted by molar-refractivity contribution is -0.870. The van der Waals surface area contributed by atoms with Crippen molar-refractivity contribution < 1.29 is 42.9 Å². The number of quaternary nitrogens is 1. The van der Waals surface area contributed by atoms with Crippen molar-refractivity contribution in [1.29, 1.82) is 0 Å². The summed E-state index contributed by atoms with van der Waals surface area (Å²) in [5.74, 6) is -2.28. The van der Waals surface area contributed by atoms with Crippen molar-refractivity contribution in [3.05, 3.63) is 109 Å². The standard InChI is InChI=1S/C80H139NO8/c1-6-8-10-12-14-16-18-20-22-24-26-28-30-32-34-35-36-37-38-39-40-41-42-43-45-47-49-51-53-55-57-59-61-63-65-67-69-71-78(83)89-76(75-88-80(79(84)85)86-73-72-81(3,4)5)74-87-77(82)70-68-66-64-62-60-58-56-54-52-50-48-46-44-33-31-29-27-25-23-21-19-17-15-13-11-9-7-2/h8,10,14,16,20,22,25-28,32,34,36-37,39-40,42-43,76,80H,6-7,9,11-13,15,17-19,21,23-24,29-31,33,35,38,41,44-75H2,1-5H3/b10-8-,16-14-,22-20-,27-25-,28-26-,34-32-,37-36-,40-39-,43-42-. The van der Waals surface area contributed by atoms with E-state index in [0.717, 1.165) is 89.9 Å². The molecule has 0 aliphatic heterocycles. The van der Waals surface area contributed by atoms with Crippen LogP contribution >= 0.6 is 0 Å². The molecule has 2 atom stereocenters. The Hall–Kier alpha value is -4.05. The van der Waals surface area contributed by atoms with Crippen molar-refractivity contribution in [2.75, 3.05) is 47.5 Å². The lowest BCUT2D eigenvalue weighted by Crippen LogP contribution is -2.44. The van der Waals surface area contributed by atoms with Crippen molar-refractivity contribution in [1.82, 2.24) is 0 Å². The van der Waals surface area contributed by atoms with E-state index in [4.69, 9.17) is 18.9 Å². The Morgan fingerprint density at radius 2 is 0.640 bits per heavy atom. The molecular formula is C80H139NO8. The van der Waals surface area contributed by atoms with Crippen LogP contribution in [0.2, 0.25) is 0 Å². The molecule has 0 aliphatic carbocycles. The number of ether oxygens (including phenoxy) is 4. The number of hydrogen-bond donors (Lipinski definition) is 0. The number of carbonyl (C=O) groups excluding carboxylic acids is 3. The summed E-state index contributed by atoms with van der Waals surface area (Å²) >= 11 is 0. The van der Waals surface area contributed by atoms with Crippen molar-refractivity contribution >= 4 is 17.9 Å². The average molecular weight is 1240 g/mol. The highest BCUT2D eigenvalue weighted by atomic mass is 16.7. The summed E-state index contributed by atoms with van der Waals surface area (Å²) in [5, 5.41) is 11.8. The number of likely N-dealkylation sites (N-methyl/N-ethyl adjacent to an activating group) is 1. The van der Waals surface area contributed by atoms with Gasteiger partial charge in [-0.15, -0.1) is 0 Å². The van der Waals surface area contributed by atoms with E-state index in [1.807, 2.05) is 21.1 Å². The van der Waals surface area contributed by atoms with Gasteiger partial charge in [0.15, 0.2) is 12.4 Å². The van der Waals surface area contributed by atoms with Gasteiger partial charge in [0.05, 0.1) is 40.3 Å². The zero-order chi connectivity index (χ0) is 64.7. The van der Waals surface area contributed by atoms with Crippen molar-refractivity contribution in [2.24, 2.45) is 0 Å². The van der Waals surface area contributed by atoms with E-state index in [0.29, 0.717) is 23.9 Å². The molecule has 512 valence electrons. The van der Waals surface area contributed by atoms with Gasteiger partial charge in [-0.2, -0.15) is 0 Å². The van der Waals surface area contributed by atoms with Crippen LogP contribution in [0.15, 0.2) is 109 Å². The molecule has 89 heavy (non-hydrogen) atoms. The monoisotopic (exact) mass is 1240 g/mol. The van der Waals surface area contributed by atoms with Gasteiger partial charge in [0, 0.05) is 12.8 Å². The van der Waals surface area contributed by atoms with Gasteiger partial charge in [0.25, 0.3) is 0 Å². The van der Waals surface area contributed by atoms with E-state index >= 15 is 0 Å². The highest BCUT2D eigenvalue weighted by Crippen LogP contribution is 2.18. The SMILES string of the molecule is CC/C=C\C/C=C\C/C=C\C/C=C\C/C=C\C/C=C\C/C=C\C/C=C\CCCCCCCCCCCCCCC(=O)OC(COC(=O)CCCCCCCCCCCCCCCCC/C=C\CCCCCCCCCC)COC(OCC[N+](C)(C)C)C(=O)[O-]. The van der Waals surface area contributed by atoms with Gasteiger partial charge in [-0.3, -0.25) is 9.59 Å². The van der Waals surface area contributed by atoms with Crippen LogP contribution in [0.25, 0.3) is 0 Å². The quantitative estimate of drug-likeness (QED) is 0.0195. The number of aliphatic carboxylic acids is 1. The Kier molecular flexibility index (Phi) is 66.7. The molecule has 0 spiro atoms. The number of carbonyl (C=O) groups is 3. The maximum Gasteiger partial charge on any atom is 0.306 e. The second-order valence-corrected chi connectivity index (χ2v) is 25.9. The van der Waals surface area contributed by atoms with Crippen LogP contribution in [0.3, 0.4) is 0 Å². The minimum Gasteiger partial charge on any atom is -0.545 e. The lowest BCUT2D eigenvalue weighted by atomic mass is 10.0. The topological polar surface area (TPSA) is 111 Å². The van der Waals surface area contributed by atoms with E-state index in [2.05, 4.69) is 123 Å². The Balaban J connectivity index is 4.10. The zero-order valence-corrected chi connectivity index (χ0v) is 58.5. The van der Waals surface area contributed by atoms with Crippen molar-refractivity contribution in [2.45, 2.75) is 334 Å². The van der Waals surface area contributed by atoms with Crippen LogP contribution in [-0.2, 0) is 33.3 Å². The fraction of sp³-hybridized carbons (Fsp3) is 0.738. The van der Waals surface area contributed by atoms with Crippen LogP contribution in [-0.4, -0.2) is 82.3 Å². The number of unbranched alkanes of at least 4 members (excludes halogenated alkanes) is 35. The molecule has 0 radical (unpaired) electrons. The highest BCUT2D eigenvalue weighted by Gasteiger charge is 2.22. The first kappa shape index (κ1) is 85.0. The molecule has 0 bridgehead atoms. The van der Waals surface area contributed by atoms with E-state index < -0.39 is 24.3 Å². The van der Waals surface area contributed by atoms with Gasteiger partial charge in [0.1, 0.15) is 13.2 Å². The molecule has 0 rings (SSSR count). The fourth-order valence-corrected chi connectivity index (χ4v) is 10.4. The molecular weight excluding hydrogens is 1100 g/mol. The van der Waals surface area contributed by atoms with Crippen LogP contribution in [0, 0.1) is 0 Å². The largest absolute Gasteiger partial charge is 0.545 e. The predicted molar refractivity (Wildman–Crippen MR) is 380 cm³/mol. The van der Waals surface area contributed by atoms with Gasteiger partial charge < -0.3 is 33.3 Å². The van der Waals surface area contributed by atoms with Gasteiger partial charge in [0.2, 0.25) is 0 Å². The zero-order valence-electron chi connectivity index (χ0n) is 58.5. The maximum atomic E-state index is 13.0. The third-order valence-electron chi connectivity index (χ3n) is 16.0. The van der Waals surface area contributed by atoms with Crippen LogP contribution in [0.1, 0.15) is 322 Å². The second kappa shape index (κ2) is 69.8. The highest BCUT2D eigenvalue weighted by molar-refractivity contribution is 5.70. The molecule has 0 saturated carbocycles. The fourth-order valence-electron chi connectivity index (χ4n) is 10.4. The third-order valence-corrected chi connectivity index (χ3v) is 16.0. The minimum absolute atomic E-state index is 0.145. The first-order valence-corrected chi connectivity index (χ1v) is 37.0. The molecule has 0 heterocycles. The van der Waals surface area contributed by atoms with E-state index in [9.17, 15) is 19.5 Å². The number of carboxylic acids is 1. The van der Waals surface area contributed by atoms with Gasteiger partial charge in [-0.05, 0) is 103 Å². The number of carboxylic acid groups (broad SMARTS) is 1. The summed E-state index contributed by atoms with van der Waals surface area (Å²) < 4.78 is 22.8.